The lowest BCUT2D eigenvalue weighted by molar-refractivity contribution is 0.0548. The smallest absolute Gasteiger partial charge is 0.409 e. The van der Waals surface area contributed by atoms with E-state index >= 15 is 0 Å². The summed E-state index contributed by atoms with van der Waals surface area (Å²) in [5.41, 5.74) is 6.84. The number of nitrogens with zero attached hydrogens (tertiary/aromatic N) is 2. The molecule has 0 unspecified atom stereocenters. The summed E-state index contributed by atoms with van der Waals surface area (Å²) in [4.78, 5) is 28.3. The number of hydrogen-bond acceptors (Lipinski definition) is 5. The van der Waals surface area contributed by atoms with E-state index < -0.39 is 0 Å². The lowest BCUT2D eigenvalue weighted by Gasteiger charge is -2.34. The molecule has 1 aliphatic heterocycles. The third-order valence-electron chi connectivity index (χ3n) is 5.53. The van der Waals surface area contributed by atoms with E-state index in [1.807, 2.05) is 0 Å². The molecule has 0 radical (unpaired) electrons. The first kappa shape index (κ1) is 19.3. The molecule has 1 saturated heterocycles. The van der Waals surface area contributed by atoms with Crippen LogP contribution in [-0.2, 0) is 4.74 Å². The second kappa shape index (κ2) is 8.97. The number of benzene rings is 1. The molecule has 2 aliphatic rings. The second-order valence-electron chi connectivity index (χ2n) is 7.29. The predicted octanol–water partition coefficient (Wildman–Crippen LogP) is 2.75. The molecule has 0 aromatic heterocycles. The number of anilines is 1. The minimum absolute atomic E-state index is 0.0810. The van der Waals surface area contributed by atoms with Crippen molar-refractivity contribution in [3.63, 3.8) is 0 Å². The number of nitrogens with two attached hydrogens (primary N) is 1. The molecule has 0 atom stereocenters. The summed E-state index contributed by atoms with van der Waals surface area (Å²) in [5, 5.41) is 0. The number of amides is 2. The van der Waals surface area contributed by atoms with Gasteiger partial charge < -0.3 is 25.0 Å². The maximum absolute atomic E-state index is 12.7. The van der Waals surface area contributed by atoms with Crippen molar-refractivity contribution in [2.45, 2.75) is 32.1 Å². The fourth-order valence-corrected chi connectivity index (χ4v) is 3.82. The molecule has 2 amide bonds. The summed E-state index contributed by atoms with van der Waals surface area (Å²) in [6.45, 7) is 2.45. The first-order chi connectivity index (χ1) is 13.1. The number of nitrogen functional groups attached to an aromatic ring is 1. The van der Waals surface area contributed by atoms with Crippen LogP contribution < -0.4 is 10.5 Å². The first-order valence-electron chi connectivity index (χ1n) is 9.73. The standard InChI is InChI=1S/C20H29N3O4/c1-26-18-14-16(6-7-17(18)21)19(24)22-9-11-23(12-10-22)20(25)27-13-8-15-4-2-3-5-15/h6-7,14-15H,2-5,8-13,21H2,1H3. The van der Waals surface area contributed by atoms with Crippen LogP contribution in [0.3, 0.4) is 0 Å². The van der Waals surface area contributed by atoms with Gasteiger partial charge in [-0.25, -0.2) is 4.79 Å². The lowest BCUT2D eigenvalue weighted by atomic mass is 10.1. The van der Waals surface area contributed by atoms with Crippen LogP contribution in [0.5, 0.6) is 5.75 Å². The Hall–Kier alpha value is -2.44. The van der Waals surface area contributed by atoms with E-state index in [1.165, 1.54) is 32.8 Å². The van der Waals surface area contributed by atoms with Gasteiger partial charge in [-0.05, 0) is 30.5 Å². The van der Waals surface area contributed by atoms with Gasteiger partial charge in [-0.3, -0.25) is 4.79 Å². The third kappa shape index (κ3) is 4.84. The number of carbonyl (C=O) groups excluding carboxylic acids is 2. The van der Waals surface area contributed by atoms with Crippen LogP contribution in [0.15, 0.2) is 18.2 Å². The summed E-state index contributed by atoms with van der Waals surface area (Å²) < 4.78 is 10.6. The number of hydrogen-bond donors (Lipinski definition) is 1. The summed E-state index contributed by atoms with van der Waals surface area (Å²) in [7, 11) is 1.52. The Kier molecular flexibility index (Phi) is 6.42. The van der Waals surface area contributed by atoms with Crippen molar-refractivity contribution in [3.05, 3.63) is 23.8 Å². The Labute approximate surface area is 160 Å². The highest BCUT2D eigenvalue weighted by atomic mass is 16.6. The van der Waals surface area contributed by atoms with Crippen molar-refractivity contribution in [2.24, 2.45) is 5.92 Å². The van der Waals surface area contributed by atoms with E-state index in [4.69, 9.17) is 15.2 Å². The van der Waals surface area contributed by atoms with Crippen LogP contribution in [0.1, 0.15) is 42.5 Å². The van der Waals surface area contributed by atoms with Crippen LogP contribution in [0.4, 0.5) is 10.5 Å². The van der Waals surface area contributed by atoms with Gasteiger partial charge in [-0.2, -0.15) is 0 Å². The molecular weight excluding hydrogens is 346 g/mol. The van der Waals surface area contributed by atoms with Gasteiger partial charge in [-0.1, -0.05) is 25.7 Å². The Morgan fingerprint density at radius 3 is 2.44 bits per heavy atom. The Bertz CT molecular complexity index is 665. The molecule has 7 heteroatoms. The van der Waals surface area contributed by atoms with E-state index in [-0.39, 0.29) is 12.0 Å². The monoisotopic (exact) mass is 375 g/mol. The molecule has 27 heavy (non-hydrogen) atoms. The molecule has 1 aliphatic carbocycles. The molecule has 1 aromatic carbocycles. The average Bonchev–Trinajstić information content (AvgIpc) is 3.21. The van der Waals surface area contributed by atoms with Crippen LogP contribution >= 0.6 is 0 Å². The minimum atomic E-state index is -0.269. The largest absolute Gasteiger partial charge is 0.495 e. The van der Waals surface area contributed by atoms with Crippen molar-refractivity contribution in [1.82, 2.24) is 9.80 Å². The number of methoxy groups -OCH3 is 1. The van der Waals surface area contributed by atoms with E-state index in [0.717, 1.165) is 6.42 Å². The molecule has 0 spiro atoms. The van der Waals surface area contributed by atoms with Crippen LogP contribution in [0.25, 0.3) is 0 Å². The molecule has 3 rings (SSSR count). The summed E-state index contributed by atoms with van der Waals surface area (Å²) in [6.07, 6.45) is 5.81. The van der Waals surface area contributed by atoms with Gasteiger partial charge in [-0.15, -0.1) is 0 Å². The van der Waals surface area contributed by atoms with Gasteiger partial charge >= 0.3 is 6.09 Å². The molecule has 148 valence electrons. The van der Waals surface area contributed by atoms with Crippen molar-refractivity contribution in [1.29, 1.82) is 0 Å². The van der Waals surface area contributed by atoms with Crippen LogP contribution in [0.2, 0.25) is 0 Å². The van der Waals surface area contributed by atoms with Gasteiger partial charge in [0.05, 0.1) is 19.4 Å². The highest BCUT2D eigenvalue weighted by Crippen LogP contribution is 2.27. The quantitative estimate of drug-likeness (QED) is 0.800. The molecule has 0 bridgehead atoms. The van der Waals surface area contributed by atoms with Gasteiger partial charge in [0.15, 0.2) is 0 Å². The Morgan fingerprint density at radius 1 is 1.11 bits per heavy atom. The minimum Gasteiger partial charge on any atom is -0.495 e. The van der Waals surface area contributed by atoms with Crippen molar-refractivity contribution < 1.29 is 19.1 Å². The zero-order chi connectivity index (χ0) is 19.2. The topological polar surface area (TPSA) is 85.1 Å². The number of ether oxygens (including phenoxy) is 2. The predicted molar refractivity (Wildman–Crippen MR) is 103 cm³/mol. The van der Waals surface area contributed by atoms with Crippen molar-refractivity contribution in [3.8, 4) is 5.75 Å². The van der Waals surface area contributed by atoms with E-state index in [0.29, 0.717) is 55.7 Å². The third-order valence-corrected chi connectivity index (χ3v) is 5.53. The van der Waals surface area contributed by atoms with Gasteiger partial charge in [0.2, 0.25) is 0 Å². The van der Waals surface area contributed by atoms with Crippen molar-refractivity contribution >= 4 is 17.7 Å². The number of rotatable bonds is 5. The van der Waals surface area contributed by atoms with Gasteiger partial charge in [0.25, 0.3) is 5.91 Å². The molecular formula is C20H29N3O4. The zero-order valence-electron chi connectivity index (χ0n) is 16.0. The maximum Gasteiger partial charge on any atom is 0.409 e. The first-order valence-corrected chi connectivity index (χ1v) is 9.73. The molecule has 7 nitrogen and oxygen atoms in total. The van der Waals surface area contributed by atoms with Gasteiger partial charge in [0, 0.05) is 31.7 Å². The highest BCUT2D eigenvalue weighted by molar-refractivity contribution is 5.95. The molecule has 2 fully saturated rings. The highest BCUT2D eigenvalue weighted by Gasteiger charge is 2.26. The normalized spacial score (nSPS) is 17.8. The zero-order valence-corrected chi connectivity index (χ0v) is 16.0. The summed E-state index contributed by atoms with van der Waals surface area (Å²) in [6, 6.07) is 5.02. The molecule has 2 N–H and O–H groups in total. The number of piperazine rings is 1. The lowest BCUT2D eigenvalue weighted by Crippen LogP contribution is -2.50. The molecule has 1 heterocycles. The SMILES string of the molecule is COc1cc(C(=O)N2CCN(C(=O)OCCC3CCCC3)CC2)ccc1N. The van der Waals surface area contributed by atoms with Crippen LogP contribution in [0, 0.1) is 5.92 Å². The summed E-state index contributed by atoms with van der Waals surface area (Å²) >= 11 is 0. The van der Waals surface area contributed by atoms with E-state index in [2.05, 4.69) is 0 Å². The second-order valence-corrected chi connectivity index (χ2v) is 7.29. The fourth-order valence-electron chi connectivity index (χ4n) is 3.82. The Balaban J connectivity index is 1.45. The van der Waals surface area contributed by atoms with E-state index in [1.54, 1.807) is 28.0 Å². The Morgan fingerprint density at radius 2 is 1.78 bits per heavy atom. The number of carbonyl (C=O) groups is 2. The van der Waals surface area contributed by atoms with Crippen LogP contribution in [-0.4, -0.2) is 61.7 Å². The fraction of sp³-hybridized carbons (Fsp3) is 0.600. The summed E-state index contributed by atoms with van der Waals surface area (Å²) in [5.74, 6) is 1.12. The molecule has 1 saturated carbocycles. The van der Waals surface area contributed by atoms with E-state index in [9.17, 15) is 9.59 Å². The van der Waals surface area contributed by atoms with Gasteiger partial charge in [0.1, 0.15) is 5.75 Å². The average molecular weight is 375 g/mol. The van der Waals surface area contributed by atoms with Crippen molar-refractivity contribution in [2.75, 3.05) is 45.6 Å². The maximum atomic E-state index is 12.7. The molecule has 1 aromatic rings.